The minimum Gasteiger partial charge on any atom is -0.399 e. The van der Waals surface area contributed by atoms with Crippen molar-refractivity contribution in [1.82, 2.24) is 9.80 Å². The normalized spacial score (nSPS) is 13.7. The van der Waals surface area contributed by atoms with Gasteiger partial charge in [-0.05, 0) is 19.1 Å². The van der Waals surface area contributed by atoms with Crippen LogP contribution in [0.4, 0.5) is 5.69 Å². The molecule has 0 radical (unpaired) electrons. The van der Waals surface area contributed by atoms with Crippen molar-refractivity contribution in [3.8, 4) is 0 Å². The van der Waals surface area contributed by atoms with Crippen molar-refractivity contribution in [3.63, 3.8) is 0 Å². The number of nitrogens with two attached hydrogens (primary N) is 1. The third-order valence-electron chi connectivity index (χ3n) is 2.14. The lowest BCUT2D eigenvalue weighted by atomic mass is 10.3. The fraction of sp³-hybridized carbons (Fsp3) is 0.333. The van der Waals surface area contributed by atoms with Crippen LogP contribution in [0.25, 0.3) is 0 Å². The van der Waals surface area contributed by atoms with Crippen molar-refractivity contribution in [2.45, 2.75) is 6.92 Å². The molecule has 1 aromatic carbocycles. The average Bonchev–Trinajstić information content (AvgIpc) is 2.66. The van der Waals surface area contributed by atoms with Crippen LogP contribution >= 0.6 is 0 Å². The van der Waals surface area contributed by atoms with E-state index in [2.05, 4.69) is 36.2 Å². The van der Waals surface area contributed by atoms with Gasteiger partial charge in [0.05, 0.1) is 6.67 Å². The average molecular weight is 205 g/mol. The number of para-hydroxylation sites is 1. The van der Waals surface area contributed by atoms with Gasteiger partial charge in [0.15, 0.2) is 0 Å². The van der Waals surface area contributed by atoms with Crippen LogP contribution in [0.15, 0.2) is 42.7 Å². The second-order valence-corrected chi connectivity index (χ2v) is 3.51. The second kappa shape index (κ2) is 5.96. The zero-order valence-electron chi connectivity index (χ0n) is 9.43. The number of nitrogen functional groups attached to an aromatic ring is 1. The molecule has 15 heavy (non-hydrogen) atoms. The van der Waals surface area contributed by atoms with Crippen molar-refractivity contribution >= 4 is 5.69 Å². The second-order valence-electron chi connectivity index (χ2n) is 3.51. The molecule has 2 N–H and O–H groups in total. The monoisotopic (exact) mass is 205 g/mol. The molecule has 0 aromatic heterocycles. The predicted octanol–water partition coefficient (Wildman–Crippen LogP) is 1.95. The minimum atomic E-state index is 0.822. The van der Waals surface area contributed by atoms with E-state index in [1.807, 2.05) is 30.3 Å². The van der Waals surface area contributed by atoms with Gasteiger partial charge in [-0.3, -0.25) is 0 Å². The zero-order chi connectivity index (χ0) is 11.1. The minimum absolute atomic E-state index is 0.822. The van der Waals surface area contributed by atoms with Gasteiger partial charge in [-0.2, -0.15) is 0 Å². The number of hydrogen-bond donors (Lipinski definition) is 1. The summed E-state index contributed by atoms with van der Waals surface area (Å²) in [5, 5.41) is 0. The van der Waals surface area contributed by atoms with Crippen LogP contribution < -0.4 is 5.73 Å². The molecule has 1 aliphatic heterocycles. The smallest absolute Gasteiger partial charge is 0.0890 e. The number of anilines is 1. The summed E-state index contributed by atoms with van der Waals surface area (Å²) < 4.78 is 0. The van der Waals surface area contributed by atoms with Gasteiger partial charge in [-0.25, -0.2) is 0 Å². The van der Waals surface area contributed by atoms with Crippen LogP contribution in [-0.2, 0) is 0 Å². The molecule has 1 aliphatic rings. The Morgan fingerprint density at radius 1 is 1.20 bits per heavy atom. The van der Waals surface area contributed by atoms with E-state index in [0.29, 0.717) is 0 Å². The third-order valence-corrected chi connectivity index (χ3v) is 2.14. The summed E-state index contributed by atoms with van der Waals surface area (Å²) in [5.41, 5.74) is 6.18. The molecule has 2 rings (SSSR count). The maximum Gasteiger partial charge on any atom is 0.0890 e. The Labute approximate surface area is 91.8 Å². The Balaban J connectivity index is 0.000000151. The first kappa shape index (κ1) is 11.4. The van der Waals surface area contributed by atoms with Crippen LogP contribution in [0.5, 0.6) is 0 Å². The molecule has 1 aromatic rings. The van der Waals surface area contributed by atoms with Crippen LogP contribution in [0.2, 0.25) is 0 Å². The summed E-state index contributed by atoms with van der Waals surface area (Å²) in [6.07, 6.45) is 4.20. The van der Waals surface area contributed by atoms with E-state index in [9.17, 15) is 0 Å². The Hall–Kier alpha value is -1.64. The van der Waals surface area contributed by atoms with E-state index in [0.717, 1.165) is 18.9 Å². The SMILES string of the molecule is CCN1C=CN(C)C1.Nc1ccccc1. The summed E-state index contributed by atoms with van der Waals surface area (Å²) in [6.45, 7) is 4.32. The van der Waals surface area contributed by atoms with Crippen molar-refractivity contribution in [1.29, 1.82) is 0 Å². The molecular weight excluding hydrogens is 186 g/mol. The number of nitrogens with zero attached hydrogens (tertiary/aromatic N) is 2. The lowest BCUT2D eigenvalue weighted by Gasteiger charge is -2.14. The molecule has 0 atom stereocenters. The lowest BCUT2D eigenvalue weighted by molar-refractivity contribution is 0.308. The van der Waals surface area contributed by atoms with Crippen LogP contribution in [0.3, 0.4) is 0 Å². The highest BCUT2D eigenvalue weighted by Gasteiger charge is 2.03. The van der Waals surface area contributed by atoms with Gasteiger partial charge in [-0.1, -0.05) is 18.2 Å². The van der Waals surface area contributed by atoms with Gasteiger partial charge in [-0.15, -0.1) is 0 Å². The predicted molar refractivity (Wildman–Crippen MR) is 65.0 cm³/mol. The van der Waals surface area contributed by atoms with E-state index in [4.69, 9.17) is 5.73 Å². The van der Waals surface area contributed by atoms with E-state index in [1.165, 1.54) is 0 Å². The molecule has 0 spiro atoms. The molecule has 0 aliphatic carbocycles. The third kappa shape index (κ3) is 4.40. The highest BCUT2D eigenvalue weighted by atomic mass is 15.3. The quantitative estimate of drug-likeness (QED) is 0.711. The molecule has 82 valence electrons. The van der Waals surface area contributed by atoms with Crippen molar-refractivity contribution in [3.05, 3.63) is 42.7 Å². The van der Waals surface area contributed by atoms with Crippen LogP contribution in [0, 0.1) is 0 Å². The van der Waals surface area contributed by atoms with E-state index in [1.54, 1.807) is 0 Å². The molecule has 3 nitrogen and oxygen atoms in total. The molecule has 0 fully saturated rings. The molecule has 1 heterocycles. The first-order valence-electron chi connectivity index (χ1n) is 5.15. The van der Waals surface area contributed by atoms with Gasteiger partial charge >= 0.3 is 0 Å². The molecule has 0 amide bonds. The van der Waals surface area contributed by atoms with Crippen molar-refractivity contribution in [2.24, 2.45) is 0 Å². The summed E-state index contributed by atoms with van der Waals surface area (Å²) >= 11 is 0. The standard InChI is InChI=1S/C6H12N2.C6H7N/c1-3-8-5-4-7(2)6-8;7-6-4-2-1-3-5-6/h4-5H,3,6H2,1-2H3;1-5H,7H2. The highest BCUT2D eigenvalue weighted by Crippen LogP contribution is 2.00. The summed E-state index contributed by atoms with van der Waals surface area (Å²) in [5.74, 6) is 0. The molecule has 0 saturated carbocycles. The van der Waals surface area contributed by atoms with Crippen LogP contribution in [-0.4, -0.2) is 30.1 Å². The highest BCUT2D eigenvalue weighted by molar-refractivity contribution is 5.35. The molecule has 0 bridgehead atoms. The fourth-order valence-corrected chi connectivity index (χ4v) is 1.25. The number of benzene rings is 1. The van der Waals surface area contributed by atoms with E-state index < -0.39 is 0 Å². The van der Waals surface area contributed by atoms with Crippen LogP contribution in [0.1, 0.15) is 6.92 Å². The Morgan fingerprint density at radius 2 is 1.87 bits per heavy atom. The summed E-state index contributed by atoms with van der Waals surface area (Å²) in [6, 6.07) is 9.49. The van der Waals surface area contributed by atoms with Gasteiger partial charge < -0.3 is 15.5 Å². The Morgan fingerprint density at radius 3 is 2.13 bits per heavy atom. The number of rotatable bonds is 1. The zero-order valence-corrected chi connectivity index (χ0v) is 9.43. The van der Waals surface area contributed by atoms with Crippen molar-refractivity contribution in [2.75, 3.05) is 26.0 Å². The Bertz CT molecular complexity index is 295. The largest absolute Gasteiger partial charge is 0.399 e. The van der Waals surface area contributed by atoms with Crippen molar-refractivity contribution < 1.29 is 0 Å². The maximum atomic E-state index is 5.36. The van der Waals surface area contributed by atoms with Gasteiger partial charge in [0.2, 0.25) is 0 Å². The summed E-state index contributed by atoms with van der Waals surface area (Å²) in [4.78, 5) is 4.41. The first-order chi connectivity index (χ1) is 7.22. The molecule has 0 unspecified atom stereocenters. The van der Waals surface area contributed by atoms with E-state index >= 15 is 0 Å². The lowest BCUT2D eigenvalue weighted by Crippen LogP contribution is -2.21. The molecule has 0 saturated heterocycles. The maximum absolute atomic E-state index is 5.36. The first-order valence-corrected chi connectivity index (χ1v) is 5.15. The van der Waals surface area contributed by atoms with Gasteiger partial charge in [0.25, 0.3) is 0 Å². The summed E-state index contributed by atoms with van der Waals surface area (Å²) in [7, 11) is 2.08. The fourth-order valence-electron chi connectivity index (χ4n) is 1.25. The van der Waals surface area contributed by atoms with Gasteiger partial charge in [0.1, 0.15) is 0 Å². The van der Waals surface area contributed by atoms with Gasteiger partial charge in [0, 0.05) is 31.7 Å². The number of hydrogen-bond acceptors (Lipinski definition) is 3. The Kier molecular flexibility index (Phi) is 4.54. The van der Waals surface area contributed by atoms with E-state index in [-0.39, 0.29) is 0 Å². The molecular formula is C12H19N3. The molecule has 3 heteroatoms. The topological polar surface area (TPSA) is 32.5 Å².